The molecule has 1 aromatic heterocycles. The Labute approximate surface area is 126 Å². The second-order valence-corrected chi connectivity index (χ2v) is 6.66. The summed E-state index contributed by atoms with van der Waals surface area (Å²) >= 11 is 1.52. The molecule has 1 atom stereocenters. The molecule has 3 rings (SSSR count). The predicted octanol–water partition coefficient (Wildman–Crippen LogP) is 1.07. The number of likely N-dealkylation sites (tertiary alicyclic amines) is 1. The average Bonchev–Trinajstić information content (AvgIpc) is 3.03. The highest BCUT2D eigenvalue weighted by Gasteiger charge is 2.31. The van der Waals surface area contributed by atoms with E-state index >= 15 is 0 Å². The Morgan fingerprint density at radius 3 is 2.95 bits per heavy atom. The molecule has 0 spiro atoms. The van der Waals surface area contributed by atoms with E-state index in [1.807, 2.05) is 0 Å². The third kappa shape index (κ3) is 3.01. The quantitative estimate of drug-likeness (QED) is 0.853. The number of nitrogens with one attached hydrogen (secondary N) is 1. The molecular weight excluding hydrogens is 292 g/mol. The average molecular weight is 310 g/mol. The normalized spacial score (nSPS) is 22.1. The number of likely N-dealkylation sites (N-methyl/N-ethyl adjacent to an activating group) is 1. The number of hydrogen-bond acceptors (Lipinski definition) is 5. The van der Waals surface area contributed by atoms with Crippen LogP contribution in [0, 0.1) is 5.92 Å². The van der Waals surface area contributed by atoms with E-state index in [-0.39, 0.29) is 18.4 Å². The highest BCUT2D eigenvalue weighted by atomic mass is 32.1. The van der Waals surface area contributed by atoms with Gasteiger partial charge in [0.25, 0.3) is 0 Å². The van der Waals surface area contributed by atoms with Gasteiger partial charge in [-0.15, -0.1) is 11.3 Å². The van der Waals surface area contributed by atoms with E-state index in [9.17, 15) is 9.59 Å². The summed E-state index contributed by atoms with van der Waals surface area (Å²) in [5.41, 5.74) is 1.08. The SMILES string of the molecule is CN1CCc2nc(NC(=O)[C@H]3CCN(C(=O)O)C3)sc2C1. The zero-order chi connectivity index (χ0) is 15.0. The van der Waals surface area contributed by atoms with Crippen LogP contribution in [0.3, 0.4) is 0 Å². The van der Waals surface area contributed by atoms with Gasteiger partial charge in [0, 0.05) is 37.5 Å². The van der Waals surface area contributed by atoms with Crippen LogP contribution in [0.15, 0.2) is 0 Å². The van der Waals surface area contributed by atoms with E-state index in [0.717, 1.165) is 25.2 Å². The minimum Gasteiger partial charge on any atom is -0.465 e. The summed E-state index contributed by atoms with van der Waals surface area (Å²) in [7, 11) is 2.07. The molecule has 2 aliphatic heterocycles. The lowest BCUT2D eigenvalue weighted by Gasteiger charge is -2.20. The number of rotatable bonds is 2. The van der Waals surface area contributed by atoms with Crippen molar-refractivity contribution in [1.29, 1.82) is 0 Å². The maximum Gasteiger partial charge on any atom is 0.407 e. The molecule has 1 aromatic rings. The van der Waals surface area contributed by atoms with Gasteiger partial charge in [-0.1, -0.05) is 0 Å². The van der Waals surface area contributed by atoms with Crippen LogP contribution in [-0.2, 0) is 17.8 Å². The van der Waals surface area contributed by atoms with Crippen molar-refractivity contribution in [3.05, 3.63) is 10.6 Å². The fourth-order valence-electron chi connectivity index (χ4n) is 2.73. The zero-order valence-electron chi connectivity index (χ0n) is 11.8. The number of amides is 2. The molecule has 3 heterocycles. The van der Waals surface area contributed by atoms with E-state index < -0.39 is 6.09 Å². The van der Waals surface area contributed by atoms with Crippen molar-refractivity contribution in [2.45, 2.75) is 19.4 Å². The van der Waals surface area contributed by atoms with Crippen LogP contribution in [0.4, 0.5) is 9.93 Å². The number of hydrogen-bond donors (Lipinski definition) is 2. The molecule has 2 aliphatic rings. The topological polar surface area (TPSA) is 85.8 Å². The van der Waals surface area contributed by atoms with Crippen molar-refractivity contribution >= 4 is 28.5 Å². The molecule has 114 valence electrons. The summed E-state index contributed by atoms with van der Waals surface area (Å²) in [6.45, 7) is 2.56. The van der Waals surface area contributed by atoms with Gasteiger partial charge in [0.05, 0.1) is 11.6 Å². The summed E-state index contributed by atoms with van der Waals surface area (Å²) in [4.78, 5) is 32.3. The highest BCUT2D eigenvalue weighted by molar-refractivity contribution is 7.15. The van der Waals surface area contributed by atoms with Crippen LogP contribution in [0.25, 0.3) is 0 Å². The Balaban J connectivity index is 1.62. The third-order valence-corrected chi connectivity index (χ3v) is 4.98. The Morgan fingerprint density at radius 1 is 1.43 bits per heavy atom. The second kappa shape index (κ2) is 5.61. The number of thiazole rings is 1. The fraction of sp³-hybridized carbons (Fsp3) is 0.615. The molecule has 2 amide bonds. The number of nitrogens with zero attached hydrogens (tertiary/aromatic N) is 3. The van der Waals surface area contributed by atoms with Gasteiger partial charge >= 0.3 is 6.09 Å². The molecule has 0 saturated carbocycles. The van der Waals surface area contributed by atoms with E-state index in [0.29, 0.717) is 18.1 Å². The summed E-state index contributed by atoms with van der Waals surface area (Å²) in [6, 6.07) is 0. The first-order chi connectivity index (χ1) is 10.0. The Kier molecular flexibility index (Phi) is 3.81. The monoisotopic (exact) mass is 310 g/mol. The second-order valence-electron chi connectivity index (χ2n) is 5.58. The molecule has 0 radical (unpaired) electrons. The lowest BCUT2D eigenvalue weighted by atomic mass is 10.1. The van der Waals surface area contributed by atoms with Gasteiger partial charge < -0.3 is 20.2 Å². The molecular formula is C13H18N4O3S. The third-order valence-electron chi connectivity index (χ3n) is 3.98. The molecule has 7 nitrogen and oxygen atoms in total. The molecule has 0 aliphatic carbocycles. The Bertz CT molecular complexity index is 574. The lowest BCUT2D eigenvalue weighted by molar-refractivity contribution is -0.119. The molecule has 8 heteroatoms. The number of aromatic nitrogens is 1. The maximum atomic E-state index is 12.2. The standard InChI is InChI=1S/C13H18N4O3S/c1-16-4-3-9-10(7-16)21-12(14-9)15-11(18)8-2-5-17(6-8)13(19)20/h8H,2-7H2,1H3,(H,19,20)(H,14,15,18)/t8-/m0/s1. The van der Waals surface area contributed by atoms with Gasteiger partial charge in [-0.25, -0.2) is 9.78 Å². The molecule has 0 bridgehead atoms. The van der Waals surface area contributed by atoms with Gasteiger partial charge in [0.15, 0.2) is 5.13 Å². The van der Waals surface area contributed by atoms with Gasteiger partial charge in [-0.2, -0.15) is 0 Å². The number of fused-ring (bicyclic) bond motifs is 1. The van der Waals surface area contributed by atoms with Crippen molar-refractivity contribution in [2.75, 3.05) is 32.0 Å². The molecule has 1 fully saturated rings. The lowest BCUT2D eigenvalue weighted by Crippen LogP contribution is -2.30. The van der Waals surface area contributed by atoms with Gasteiger partial charge in [0.2, 0.25) is 5.91 Å². The van der Waals surface area contributed by atoms with Crippen LogP contribution in [0.1, 0.15) is 17.0 Å². The summed E-state index contributed by atoms with van der Waals surface area (Å²) < 4.78 is 0. The summed E-state index contributed by atoms with van der Waals surface area (Å²) in [6.07, 6.45) is 0.526. The number of anilines is 1. The largest absolute Gasteiger partial charge is 0.465 e. The van der Waals surface area contributed by atoms with E-state index in [1.165, 1.54) is 21.1 Å². The first-order valence-corrected chi connectivity index (χ1v) is 7.80. The minimum absolute atomic E-state index is 0.127. The summed E-state index contributed by atoms with van der Waals surface area (Å²) in [5.74, 6) is -0.400. The van der Waals surface area contributed by atoms with Crippen LogP contribution in [-0.4, -0.2) is 58.6 Å². The number of carboxylic acid groups (broad SMARTS) is 1. The van der Waals surface area contributed by atoms with E-state index in [1.54, 1.807) is 0 Å². The van der Waals surface area contributed by atoms with E-state index in [2.05, 4.69) is 22.2 Å². The van der Waals surface area contributed by atoms with E-state index in [4.69, 9.17) is 5.11 Å². The molecule has 2 N–H and O–H groups in total. The minimum atomic E-state index is -0.960. The first kappa shape index (κ1) is 14.3. The van der Waals surface area contributed by atoms with Crippen molar-refractivity contribution in [3.8, 4) is 0 Å². The van der Waals surface area contributed by atoms with Crippen LogP contribution in [0.2, 0.25) is 0 Å². The van der Waals surface area contributed by atoms with Gasteiger partial charge in [0.1, 0.15) is 0 Å². The maximum absolute atomic E-state index is 12.2. The smallest absolute Gasteiger partial charge is 0.407 e. The molecule has 0 aromatic carbocycles. The van der Waals surface area contributed by atoms with Crippen molar-refractivity contribution in [3.63, 3.8) is 0 Å². The van der Waals surface area contributed by atoms with Gasteiger partial charge in [-0.3, -0.25) is 4.79 Å². The number of carbonyl (C=O) groups is 2. The summed E-state index contributed by atoms with van der Waals surface area (Å²) in [5, 5.41) is 12.4. The molecule has 0 unspecified atom stereocenters. The van der Waals surface area contributed by atoms with Crippen molar-refractivity contribution in [1.82, 2.24) is 14.8 Å². The fourth-order valence-corrected chi connectivity index (χ4v) is 3.82. The Hall–Kier alpha value is -1.67. The van der Waals surface area contributed by atoms with Crippen LogP contribution in [0.5, 0.6) is 0 Å². The van der Waals surface area contributed by atoms with Crippen LogP contribution >= 0.6 is 11.3 Å². The molecule has 21 heavy (non-hydrogen) atoms. The first-order valence-electron chi connectivity index (χ1n) is 6.99. The van der Waals surface area contributed by atoms with Gasteiger partial charge in [-0.05, 0) is 13.5 Å². The Morgan fingerprint density at radius 2 is 2.24 bits per heavy atom. The number of carbonyl (C=O) groups excluding carboxylic acids is 1. The van der Waals surface area contributed by atoms with Crippen molar-refractivity contribution in [2.24, 2.45) is 5.92 Å². The van der Waals surface area contributed by atoms with Crippen LogP contribution < -0.4 is 5.32 Å². The molecule has 1 saturated heterocycles. The van der Waals surface area contributed by atoms with Crippen molar-refractivity contribution < 1.29 is 14.7 Å². The highest BCUT2D eigenvalue weighted by Crippen LogP contribution is 2.28. The zero-order valence-corrected chi connectivity index (χ0v) is 12.7. The predicted molar refractivity (Wildman–Crippen MR) is 78.5 cm³/mol.